The predicted octanol–water partition coefficient (Wildman–Crippen LogP) is 3.08. The van der Waals surface area contributed by atoms with E-state index >= 15 is 0 Å². The molecule has 1 unspecified atom stereocenters. The molecule has 1 atom stereocenters. The minimum atomic E-state index is -0.752. The van der Waals surface area contributed by atoms with E-state index in [4.69, 9.17) is 11.6 Å². The molecule has 0 saturated heterocycles. The second kappa shape index (κ2) is 9.19. The summed E-state index contributed by atoms with van der Waals surface area (Å²) in [6.45, 7) is 3.53. The van der Waals surface area contributed by atoms with Crippen molar-refractivity contribution in [3.8, 4) is 0 Å². The van der Waals surface area contributed by atoms with Gasteiger partial charge in [-0.1, -0.05) is 35.9 Å². The van der Waals surface area contributed by atoms with Crippen LogP contribution < -0.4 is 10.6 Å². The third-order valence-electron chi connectivity index (χ3n) is 4.01. The number of nitrogens with one attached hydrogen (secondary N) is 2. The number of anilines is 1. The molecule has 6 nitrogen and oxygen atoms in total. The Morgan fingerprint density at radius 3 is 2.48 bits per heavy atom. The molecule has 27 heavy (non-hydrogen) atoms. The first kappa shape index (κ1) is 20.5. The quantitative estimate of drug-likeness (QED) is 0.799. The van der Waals surface area contributed by atoms with Gasteiger partial charge in [0.2, 0.25) is 11.8 Å². The fourth-order valence-corrected chi connectivity index (χ4v) is 2.59. The highest BCUT2D eigenvalue weighted by Crippen LogP contribution is 2.15. The van der Waals surface area contributed by atoms with E-state index < -0.39 is 11.9 Å². The van der Waals surface area contributed by atoms with Crippen LogP contribution in [0.3, 0.4) is 0 Å². The van der Waals surface area contributed by atoms with Gasteiger partial charge in [0.05, 0.1) is 10.6 Å². The van der Waals surface area contributed by atoms with Crippen LogP contribution in [0.15, 0.2) is 48.5 Å². The first-order valence-electron chi connectivity index (χ1n) is 8.45. The third kappa shape index (κ3) is 5.82. The zero-order valence-electron chi connectivity index (χ0n) is 15.5. The van der Waals surface area contributed by atoms with Crippen molar-refractivity contribution in [3.63, 3.8) is 0 Å². The van der Waals surface area contributed by atoms with Crippen molar-refractivity contribution in [2.45, 2.75) is 26.4 Å². The number of rotatable bonds is 6. The van der Waals surface area contributed by atoms with Crippen molar-refractivity contribution in [3.05, 3.63) is 64.7 Å². The summed E-state index contributed by atoms with van der Waals surface area (Å²) in [6.07, 6.45) is 0. The monoisotopic (exact) mass is 387 g/mol. The van der Waals surface area contributed by atoms with Gasteiger partial charge in [-0.3, -0.25) is 14.4 Å². The van der Waals surface area contributed by atoms with Crippen LogP contribution in [0.25, 0.3) is 0 Å². The van der Waals surface area contributed by atoms with E-state index in [2.05, 4.69) is 10.6 Å². The summed E-state index contributed by atoms with van der Waals surface area (Å²) in [4.78, 5) is 37.6. The smallest absolute Gasteiger partial charge is 0.253 e. The van der Waals surface area contributed by atoms with Gasteiger partial charge in [0.1, 0.15) is 6.04 Å². The maximum Gasteiger partial charge on any atom is 0.253 e. The van der Waals surface area contributed by atoms with Crippen LogP contribution in [0, 0.1) is 0 Å². The maximum absolute atomic E-state index is 12.4. The average molecular weight is 388 g/mol. The normalized spacial score (nSPS) is 11.4. The zero-order chi connectivity index (χ0) is 20.0. The van der Waals surface area contributed by atoms with Crippen LogP contribution in [0.2, 0.25) is 5.02 Å². The van der Waals surface area contributed by atoms with E-state index in [9.17, 15) is 14.4 Å². The van der Waals surface area contributed by atoms with E-state index in [0.717, 1.165) is 5.56 Å². The molecule has 3 amide bonds. The zero-order valence-corrected chi connectivity index (χ0v) is 16.2. The molecule has 0 aromatic heterocycles. The first-order valence-corrected chi connectivity index (χ1v) is 8.82. The number of amides is 3. The lowest BCUT2D eigenvalue weighted by Crippen LogP contribution is -2.41. The number of benzene rings is 2. The molecule has 2 N–H and O–H groups in total. The lowest BCUT2D eigenvalue weighted by molar-refractivity contribution is -0.128. The molecule has 142 valence electrons. The second-order valence-electron chi connectivity index (χ2n) is 6.24. The molecule has 0 aliphatic heterocycles. The van der Waals surface area contributed by atoms with E-state index in [1.165, 1.54) is 6.92 Å². The standard InChI is InChI=1S/C20H22ClN3O3/c1-13(22-20(27)17-9-4-5-10-18(17)21)19(26)23-16-8-6-7-15(11-16)12-24(3)14(2)25/h4-11,13H,12H2,1-3H3,(H,22,27)(H,23,26). The van der Waals surface area contributed by atoms with E-state index in [1.807, 2.05) is 6.07 Å². The fourth-order valence-electron chi connectivity index (χ4n) is 2.37. The highest BCUT2D eigenvalue weighted by atomic mass is 35.5. The summed E-state index contributed by atoms with van der Waals surface area (Å²) in [5.41, 5.74) is 1.79. The number of carbonyl (C=O) groups is 3. The summed E-state index contributed by atoms with van der Waals surface area (Å²) in [5.74, 6) is -0.812. The maximum atomic E-state index is 12.4. The van der Waals surface area contributed by atoms with E-state index in [1.54, 1.807) is 61.3 Å². The van der Waals surface area contributed by atoms with Crippen molar-refractivity contribution in [1.29, 1.82) is 0 Å². The van der Waals surface area contributed by atoms with Gasteiger partial charge >= 0.3 is 0 Å². The summed E-state index contributed by atoms with van der Waals surface area (Å²) >= 11 is 6.00. The van der Waals surface area contributed by atoms with Gasteiger partial charge in [0.25, 0.3) is 5.91 Å². The SMILES string of the molecule is CC(=O)N(C)Cc1cccc(NC(=O)C(C)NC(=O)c2ccccc2Cl)c1. The fraction of sp³-hybridized carbons (Fsp3) is 0.250. The number of hydrogen-bond donors (Lipinski definition) is 2. The number of hydrogen-bond acceptors (Lipinski definition) is 3. The molecule has 0 bridgehead atoms. The lowest BCUT2D eigenvalue weighted by atomic mass is 10.1. The van der Waals surface area contributed by atoms with Crippen LogP contribution in [-0.2, 0) is 16.1 Å². The van der Waals surface area contributed by atoms with Crippen LogP contribution >= 0.6 is 11.6 Å². The van der Waals surface area contributed by atoms with Crippen LogP contribution in [0.1, 0.15) is 29.8 Å². The minimum Gasteiger partial charge on any atom is -0.342 e. The Bertz CT molecular complexity index is 854. The molecule has 2 aromatic rings. The molecule has 0 saturated carbocycles. The molecule has 0 heterocycles. The van der Waals surface area contributed by atoms with Crippen molar-refractivity contribution >= 4 is 35.0 Å². The summed E-state index contributed by atoms with van der Waals surface area (Å²) in [6, 6.07) is 13.1. The molecule has 2 aromatic carbocycles. The Balaban J connectivity index is 1.99. The van der Waals surface area contributed by atoms with Gasteiger partial charge in [-0.25, -0.2) is 0 Å². The molecular weight excluding hydrogens is 366 g/mol. The van der Waals surface area contributed by atoms with Gasteiger partial charge in [-0.05, 0) is 36.8 Å². The Labute approximate surface area is 163 Å². The highest BCUT2D eigenvalue weighted by molar-refractivity contribution is 6.33. The van der Waals surface area contributed by atoms with Crippen LogP contribution in [0.4, 0.5) is 5.69 Å². The van der Waals surface area contributed by atoms with Gasteiger partial charge in [0.15, 0.2) is 0 Å². The predicted molar refractivity (Wildman–Crippen MR) is 106 cm³/mol. The van der Waals surface area contributed by atoms with Gasteiger partial charge in [-0.15, -0.1) is 0 Å². The molecule has 0 radical (unpaired) electrons. The Morgan fingerprint density at radius 2 is 1.81 bits per heavy atom. The molecule has 0 spiro atoms. The molecule has 2 rings (SSSR count). The Hall–Kier alpha value is -2.86. The molecule has 0 fully saturated rings. The Morgan fingerprint density at radius 1 is 1.11 bits per heavy atom. The molecule has 7 heteroatoms. The second-order valence-corrected chi connectivity index (χ2v) is 6.65. The van der Waals surface area contributed by atoms with Crippen molar-refractivity contribution < 1.29 is 14.4 Å². The number of carbonyl (C=O) groups excluding carboxylic acids is 3. The van der Waals surface area contributed by atoms with Crippen LogP contribution in [0.5, 0.6) is 0 Å². The number of halogens is 1. The summed E-state index contributed by atoms with van der Waals surface area (Å²) in [5, 5.41) is 5.72. The first-order chi connectivity index (χ1) is 12.8. The summed E-state index contributed by atoms with van der Waals surface area (Å²) < 4.78 is 0. The molecular formula is C20H22ClN3O3. The van der Waals surface area contributed by atoms with E-state index in [-0.39, 0.29) is 11.8 Å². The topological polar surface area (TPSA) is 78.5 Å². The van der Waals surface area contributed by atoms with Crippen molar-refractivity contribution in [1.82, 2.24) is 10.2 Å². The molecule has 0 aliphatic rings. The van der Waals surface area contributed by atoms with Crippen molar-refractivity contribution in [2.75, 3.05) is 12.4 Å². The third-order valence-corrected chi connectivity index (χ3v) is 4.34. The van der Waals surface area contributed by atoms with Gasteiger partial charge in [0, 0.05) is 26.2 Å². The lowest BCUT2D eigenvalue weighted by Gasteiger charge is -2.17. The largest absolute Gasteiger partial charge is 0.342 e. The van der Waals surface area contributed by atoms with Gasteiger partial charge in [-0.2, -0.15) is 0 Å². The average Bonchev–Trinajstić information content (AvgIpc) is 2.62. The van der Waals surface area contributed by atoms with Crippen molar-refractivity contribution in [2.24, 2.45) is 0 Å². The summed E-state index contributed by atoms with van der Waals surface area (Å²) in [7, 11) is 1.71. The van der Waals surface area contributed by atoms with E-state index in [0.29, 0.717) is 22.8 Å². The Kier molecular flexibility index (Phi) is 6.96. The van der Waals surface area contributed by atoms with Crippen LogP contribution in [-0.4, -0.2) is 35.7 Å². The molecule has 0 aliphatic carbocycles. The minimum absolute atomic E-state index is 0.0413. The number of nitrogens with zero attached hydrogens (tertiary/aromatic N) is 1. The van der Waals surface area contributed by atoms with Gasteiger partial charge < -0.3 is 15.5 Å². The highest BCUT2D eigenvalue weighted by Gasteiger charge is 2.18.